The average molecular weight is 431 g/mol. The summed E-state index contributed by atoms with van der Waals surface area (Å²) in [5, 5.41) is 34.1. The Morgan fingerprint density at radius 1 is 1.09 bits per heavy atom. The second-order valence-corrected chi connectivity index (χ2v) is 10.2. The van der Waals surface area contributed by atoms with Gasteiger partial charge in [0.2, 0.25) is 0 Å². The molecule has 166 valence electrons. The maximum Gasteiger partial charge on any atom is 0.151 e. The van der Waals surface area contributed by atoms with Crippen molar-refractivity contribution in [3.63, 3.8) is 0 Å². The second-order valence-electron chi connectivity index (χ2n) is 10.2. The van der Waals surface area contributed by atoms with Gasteiger partial charge in [-0.05, 0) is 83.2 Å². The molecule has 0 bridgehead atoms. The first-order valence-corrected chi connectivity index (χ1v) is 10.9. The standard InChI is InChI=1S/C25H30N6O/c1-15-9-16-10-19(22(32)11-18(16)21(14-26)27-15)20-7-8-23(29-28-20)31(6)17-12-24(2,3)30-25(4,5)13-17/h7-11,17,30,32H,12-13H2,1-6H3. The fourth-order valence-electron chi connectivity index (χ4n) is 5.10. The number of fused-ring (bicyclic) bond motifs is 1. The fraction of sp³-hybridized carbons (Fsp3) is 0.440. The van der Waals surface area contributed by atoms with Gasteiger partial charge in [0.15, 0.2) is 5.82 Å². The highest BCUT2D eigenvalue weighted by atomic mass is 16.3. The van der Waals surface area contributed by atoms with Crippen molar-refractivity contribution >= 4 is 16.6 Å². The van der Waals surface area contributed by atoms with Crippen LogP contribution in [0.4, 0.5) is 5.82 Å². The zero-order valence-electron chi connectivity index (χ0n) is 19.6. The van der Waals surface area contributed by atoms with E-state index in [-0.39, 0.29) is 16.8 Å². The van der Waals surface area contributed by atoms with Crippen LogP contribution in [0.5, 0.6) is 5.75 Å². The van der Waals surface area contributed by atoms with E-state index in [1.54, 1.807) is 6.07 Å². The summed E-state index contributed by atoms with van der Waals surface area (Å²) in [6.45, 7) is 10.8. The minimum absolute atomic E-state index is 0.0419. The van der Waals surface area contributed by atoms with Crippen molar-refractivity contribution in [2.45, 2.75) is 64.6 Å². The first-order chi connectivity index (χ1) is 15.0. The molecule has 3 aromatic rings. The van der Waals surface area contributed by atoms with Crippen LogP contribution in [-0.4, -0.2) is 44.5 Å². The van der Waals surface area contributed by atoms with Gasteiger partial charge in [-0.2, -0.15) is 5.26 Å². The monoisotopic (exact) mass is 430 g/mol. The van der Waals surface area contributed by atoms with Gasteiger partial charge in [0.25, 0.3) is 0 Å². The predicted molar refractivity (Wildman–Crippen MR) is 127 cm³/mol. The molecule has 0 atom stereocenters. The first-order valence-electron chi connectivity index (χ1n) is 10.9. The largest absolute Gasteiger partial charge is 0.507 e. The third-order valence-corrected chi connectivity index (χ3v) is 6.19. The molecule has 1 saturated heterocycles. The predicted octanol–water partition coefficient (Wildman–Crippen LogP) is 4.32. The molecule has 32 heavy (non-hydrogen) atoms. The van der Waals surface area contributed by atoms with Crippen LogP contribution in [0.25, 0.3) is 22.0 Å². The number of aromatic hydroxyl groups is 1. The highest BCUT2D eigenvalue weighted by Gasteiger charge is 2.39. The molecule has 1 fully saturated rings. The maximum absolute atomic E-state index is 10.6. The number of anilines is 1. The molecule has 2 N–H and O–H groups in total. The Morgan fingerprint density at radius 3 is 2.38 bits per heavy atom. The van der Waals surface area contributed by atoms with E-state index < -0.39 is 0 Å². The number of benzene rings is 1. The van der Waals surface area contributed by atoms with Crippen LogP contribution < -0.4 is 10.2 Å². The van der Waals surface area contributed by atoms with Crippen molar-refractivity contribution in [3.05, 3.63) is 41.7 Å². The van der Waals surface area contributed by atoms with Gasteiger partial charge in [0.05, 0.1) is 5.69 Å². The number of aromatic nitrogens is 3. The van der Waals surface area contributed by atoms with Crippen molar-refractivity contribution < 1.29 is 5.11 Å². The van der Waals surface area contributed by atoms with E-state index >= 15 is 0 Å². The number of piperidine rings is 1. The number of nitrogens with zero attached hydrogens (tertiary/aromatic N) is 5. The fourth-order valence-corrected chi connectivity index (χ4v) is 5.10. The van der Waals surface area contributed by atoms with E-state index in [0.29, 0.717) is 28.4 Å². The zero-order valence-corrected chi connectivity index (χ0v) is 19.6. The number of rotatable bonds is 3. The molecule has 4 rings (SSSR count). The highest BCUT2D eigenvalue weighted by molar-refractivity contribution is 5.93. The van der Waals surface area contributed by atoms with Gasteiger partial charge in [-0.1, -0.05) is 0 Å². The molecule has 0 unspecified atom stereocenters. The van der Waals surface area contributed by atoms with E-state index in [2.05, 4.69) is 66.2 Å². The smallest absolute Gasteiger partial charge is 0.151 e. The number of phenolic OH excluding ortho intramolecular Hbond substituents is 1. The summed E-state index contributed by atoms with van der Waals surface area (Å²) in [6, 6.07) is 11.6. The molecule has 0 aliphatic carbocycles. The van der Waals surface area contributed by atoms with Crippen molar-refractivity contribution in [2.24, 2.45) is 0 Å². The van der Waals surface area contributed by atoms with Crippen LogP contribution in [0.2, 0.25) is 0 Å². The summed E-state index contributed by atoms with van der Waals surface area (Å²) in [6.07, 6.45) is 2.02. The maximum atomic E-state index is 10.6. The van der Waals surface area contributed by atoms with E-state index in [4.69, 9.17) is 0 Å². The number of nitriles is 1. The van der Waals surface area contributed by atoms with Crippen LogP contribution in [-0.2, 0) is 0 Å². The van der Waals surface area contributed by atoms with Crippen molar-refractivity contribution in [2.75, 3.05) is 11.9 Å². The molecule has 0 radical (unpaired) electrons. The summed E-state index contributed by atoms with van der Waals surface area (Å²) in [5.41, 5.74) is 2.30. The molecule has 3 heterocycles. The topological polar surface area (TPSA) is 98.0 Å². The Labute approximate surface area is 189 Å². The number of aryl methyl sites for hydroxylation is 1. The molecule has 2 aromatic heterocycles. The van der Waals surface area contributed by atoms with Crippen LogP contribution in [0, 0.1) is 18.3 Å². The lowest BCUT2D eigenvalue weighted by Gasteiger charge is -2.49. The molecule has 1 aromatic carbocycles. The Hall–Kier alpha value is -3.24. The first kappa shape index (κ1) is 22.0. The van der Waals surface area contributed by atoms with Crippen LogP contribution in [0.1, 0.15) is 51.9 Å². The zero-order chi connectivity index (χ0) is 23.3. The van der Waals surface area contributed by atoms with Gasteiger partial charge >= 0.3 is 0 Å². The number of phenols is 1. The summed E-state index contributed by atoms with van der Waals surface area (Å²) in [4.78, 5) is 6.45. The van der Waals surface area contributed by atoms with E-state index in [9.17, 15) is 10.4 Å². The number of pyridine rings is 1. The lowest BCUT2D eigenvalue weighted by molar-refractivity contribution is 0.160. The number of hydrogen-bond acceptors (Lipinski definition) is 7. The molecule has 0 amide bonds. The molecule has 1 aliphatic rings. The Kier molecular flexibility index (Phi) is 5.30. The normalized spacial score (nSPS) is 17.8. The molecule has 0 saturated carbocycles. The number of hydrogen-bond donors (Lipinski definition) is 2. The summed E-state index contributed by atoms with van der Waals surface area (Å²) >= 11 is 0. The van der Waals surface area contributed by atoms with Crippen LogP contribution >= 0.6 is 0 Å². The Morgan fingerprint density at radius 2 is 1.78 bits per heavy atom. The van der Waals surface area contributed by atoms with E-state index in [1.165, 1.54) is 0 Å². The third kappa shape index (κ3) is 4.23. The van der Waals surface area contributed by atoms with Gasteiger partial charge in [-0.15, -0.1) is 10.2 Å². The quantitative estimate of drug-likeness (QED) is 0.638. The summed E-state index contributed by atoms with van der Waals surface area (Å²) in [5.74, 6) is 0.858. The summed E-state index contributed by atoms with van der Waals surface area (Å²) in [7, 11) is 2.07. The van der Waals surface area contributed by atoms with Crippen LogP contribution in [0.3, 0.4) is 0 Å². The van der Waals surface area contributed by atoms with Crippen molar-refractivity contribution in [1.29, 1.82) is 5.26 Å². The van der Waals surface area contributed by atoms with Crippen molar-refractivity contribution in [1.82, 2.24) is 20.5 Å². The Bertz CT molecular complexity index is 1190. The van der Waals surface area contributed by atoms with Gasteiger partial charge in [0, 0.05) is 40.8 Å². The van der Waals surface area contributed by atoms with E-state index in [1.807, 2.05) is 31.2 Å². The molecular weight excluding hydrogens is 400 g/mol. The molecule has 0 spiro atoms. The number of nitrogens with one attached hydrogen (secondary N) is 1. The Balaban J connectivity index is 1.65. The molecular formula is C25H30N6O. The molecule has 7 heteroatoms. The van der Waals surface area contributed by atoms with Crippen LogP contribution in [0.15, 0.2) is 30.3 Å². The SMILES string of the molecule is Cc1cc2cc(-c3ccc(N(C)C4CC(C)(C)NC(C)(C)C4)nn3)c(O)cc2c(C#N)n1. The van der Waals surface area contributed by atoms with Gasteiger partial charge in [-0.25, -0.2) is 4.98 Å². The van der Waals surface area contributed by atoms with Gasteiger partial charge in [-0.3, -0.25) is 0 Å². The van der Waals surface area contributed by atoms with Gasteiger partial charge in [0.1, 0.15) is 17.5 Å². The van der Waals surface area contributed by atoms with E-state index in [0.717, 1.165) is 29.7 Å². The summed E-state index contributed by atoms with van der Waals surface area (Å²) < 4.78 is 0. The average Bonchev–Trinajstić information content (AvgIpc) is 2.70. The highest BCUT2D eigenvalue weighted by Crippen LogP contribution is 2.35. The minimum Gasteiger partial charge on any atom is -0.507 e. The van der Waals surface area contributed by atoms with Crippen molar-refractivity contribution in [3.8, 4) is 23.1 Å². The molecule has 7 nitrogen and oxygen atoms in total. The molecule has 1 aliphatic heterocycles. The second kappa shape index (κ2) is 7.72. The minimum atomic E-state index is 0.0419. The third-order valence-electron chi connectivity index (χ3n) is 6.19. The lowest BCUT2D eigenvalue weighted by atomic mass is 9.79. The lowest BCUT2D eigenvalue weighted by Crippen LogP contribution is -2.62. The van der Waals surface area contributed by atoms with Gasteiger partial charge < -0.3 is 15.3 Å².